The number of amides is 1. The maximum atomic E-state index is 13.1. The molecule has 1 amide bonds. The van der Waals surface area contributed by atoms with E-state index in [0.717, 1.165) is 49.5 Å². The number of hydrogen-bond donors (Lipinski definition) is 1. The largest absolute Gasteiger partial charge is 0.326 e. The van der Waals surface area contributed by atoms with Gasteiger partial charge < -0.3 is 9.88 Å². The predicted molar refractivity (Wildman–Crippen MR) is 120 cm³/mol. The van der Waals surface area contributed by atoms with Gasteiger partial charge in [0.05, 0.1) is 17.6 Å². The van der Waals surface area contributed by atoms with E-state index in [9.17, 15) is 9.18 Å². The molecule has 1 N–H and O–H groups in total. The zero-order chi connectivity index (χ0) is 21.2. The van der Waals surface area contributed by atoms with Gasteiger partial charge in [0, 0.05) is 30.9 Å². The Morgan fingerprint density at radius 3 is 2.61 bits per heavy atom. The molecular weight excluding hydrogens is 391 g/mol. The van der Waals surface area contributed by atoms with Crippen molar-refractivity contribution < 1.29 is 9.18 Å². The monoisotopic (exact) mass is 414 g/mol. The van der Waals surface area contributed by atoms with Crippen LogP contribution < -0.4 is 5.32 Å². The molecule has 31 heavy (non-hydrogen) atoms. The summed E-state index contributed by atoms with van der Waals surface area (Å²) in [6, 6.07) is 21.9. The third-order valence-corrected chi connectivity index (χ3v) is 5.76. The van der Waals surface area contributed by atoms with E-state index in [4.69, 9.17) is 4.98 Å². The Labute approximate surface area is 180 Å². The lowest BCUT2D eigenvalue weighted by atomic mass is 10.1. The Hall–Kier alpha value is -3.51. The minimum absolute atomic E-state index is 0.268. The molecular formula is C25H23FN4O. The molecule has 1 aliphatic heterocycles. The van der Waals surface area contributed by atoms with Crippen molar-refractivity contribution in [3.8, 4) is 0 Å². The van der Waals surface area contributed by atoms with Gasteiger partial charge >= 0.3 is 0 Å². The van der Waals surface area contributed by atoms with E-state index < -0.39 is 0 Å². The first kappa shape index (κ1) is 19.5. The van der Waals surface area contributed by atoms with Crippen LogP contribution >= 0.6 is 0 Å². The molecule has 156 valence electrons. The maximum absolute atomic E-state index is 13.1. The number of benzene rings is 3. The average Bonchev–Trinajstić information content (AvgIpc) is 3.15. The lowest BCUT2D eigenvalue weighted by molar-refractivity contribution is 0.102. The topological polar surface area (TPSA) is 50.2 Å². The quantitative estimate of drug-likeness (QED) is 0.524. The first-order valence-electron chi connectivity index (χ1n) is 10.5. The van der Waals surface area contributed by atoms with Crippen LogP contribution in [0.2, 0.25) is 0 Å². The van der Waals surface area contributed by atoms with Gasteiger partial charge in [0.1, 0.15) is 11.6 Å². The summed E-state index contributed by atoms with van der Waals surface area (Å²) in [7, 11) is 0. The Morgan fingerprint density at radius 1 is 1.00 bits per heavy atom. The number of anilines is 1. The zero-order valence-corrected chi connectivity index (χ0v) is 17.1. The van der Waals surface area contributed by atoms with Crippen LogP contribution in [0.4, 0.5) is 10.1 Å². The van der Waals surface area contributed by atoms with Gasteiger partial charge in [0.25, 0.3) is 5.91 Å². The number of aromatic nitrogens is 2. The zero-order valence-electron chi connectivity index (χ0n) is 17.1. The van der Waals surface area contributed by atoms with Crippen molar-refractivity contribution in [2.45, 2.75) is 19.5 Å². The molecule has 0 radical (unpaired) electrons. The Bertz CT molecular complexity index is 1220. The second-order valence-corrected chi connectivity index (χ2v) is 7.86. The van der Waals surface area contributed by atoms with Gasteiger partial charge in [-0.3, -0.25) is 9.69 Å². The van der Waals surface area contributed by atoms with E-state index in [1.165, 1.54) is 29.8 Å². The van der Waals surface area contributed by atoms with Crippen molar-refractivity contribution in [3.05, 3.63) is 95.6 Å². The molecule has 0 spiro atoms. The number of halogens is 1. The average molecular weight is 414 g/mol. The summed E-state index contributed by atoms with van der Waals surface area (Å²) in [6.07, 6.45) is 1.03. The van der Waals surface area contributed by atoms with E-state index in [-0.39, 0.29) is 11.7 Å². The highest BCUT2D eigenvalue weighted by molar-refractivity contribution is 6.04. The molecule has 5 nitrogen and oxygen atoms in total. The van der Waals surface area contributed by atoms with E-state index >= 15 is 0 Å². The number of carbonyl (C=O) groups is 1. The summed E-state index contributed by atoms with van der Waals surface area (Å²) in [6.45, 7) is 3.72. The summed E-state index contributed by atoms with van der Waals surface area (Å²) in [4.78, 5) is 19.7. The number of rotatable bonds is 5. The smallest absolute Gasteiger partial charge is 0.255 e. The minimum Gasteiger partial charge on any atom is -0.326 e. The molecule has 3 aromatic carbocycles. The molecule has 5 rings (SSSR count). The van der Waals surface area contributed by atoms with Crippen molar-refractivity contribution in [1.29, 1.82) is 0 Å². The normalized spacial score (nSPS) is 13.8. The minimum atomic E-state index is -0.362. The van der Waals surface area contributed by atoms with E-state index in [1.807, 2.05) is 24.3 Å². The molecule has 0 bridgehead atoms. The van der Waals surface area contributed by atoms with Crippen LogP contribution in [0.5, 0.6) is 0 Å². The van der Waals surface area contributed by atoms with Crippen molar-refractivity contribution in [2.75, 3.05) is 18.4 Å². The third kappa shape index (κ3) is 4.20. The van der Waals surface area contributed by atoms with Crippen LogP contribution in [-0.2, 0) is 19.5 Å². The summed E-state index contributed by atoms with van der Waals surface area (Å²) in [5, 5.41) is 2.88. The number of carbonyl (C=O) groups excluding carboxylic acids is 1. The third-order valence-electron chi connectivity index (χ3n) is 5.76. The Morgan fingerprint density at radius 2 is 1.81 bits per heavy atom. The molecule has 4 aromatic rings. The predicted octanol–water partition coefficient (Wildman–Crippen LogP) is 4.49. The summed E-state index contributed by atoms with van der Waals surface area (Å²) < 4.78 is 15.3. The number of hydrogen-bond acceptors (Lipinski definition) is 3. The lowest BCUT2D eigenvalue weighted by Gasteiger charge is -2.27. The second kappa shape index (κ2) is 8.32. The molecule has 6 heteroatoms. The molecule has 2 heterocycles. The van der Waals surface area contributed by atoms with E-state index in [1.54, 1.807) is 0 Å². The van der Waals surface area contributed by atoms with Crippen molar-refractivity contribution in [1.82, 2.24) is 14.5 Å². The fraction of sp³-hybridized carbons (Fsp3) is 0.200. The molecule has 0 aliphatic carbocycles. The molecule has 0 saturated carbocycles. The number of nitrogens with one attached hydrogen (secondary N) is 1. The fourth-order valence-corrected chi connectivity index (χ4v) is 4.08. The van der Waals surface area contributed by atoms with E-state index in [0.29, 0.717) is 11.3 Å². The fourth-order valence-electron chi connectivity index (χ4n) is 4.08. The molecule has 0 atom stereocenters. The van der Waals surface area contributed by atoms with Crippen LogP contribution in [-0.4, -0.2) is 33.4 Å². The Kier molecular flexibility index (Phi) is 5.22. The second-order valence-electron chi connectivity index (χ2n) is 7.86. The highest BCUT2D eigenvalue weighted by Crippen LogP contribution is 2.24. The molecule has 0 fully saturated rings. The van der Waals surface area contributed by atoms with Crippen LogP contribution in [0.25, 0.3) is 11.0 Å². The van der Waals surface area contributed by atoms with Gasteiger partial charge in [-0.25, -0.2) is 9.37 Å². The number of imidazole rings is 1. The number of fused-ring (bicyclic) bond motifs is 3. The van der Waals surface area contributed by atoms with Crippen LogP contribution in [0, 0.1) is 5.82 Å². The first-order chi connectivity index (χ1) is 15.2. The van der Waals surface area contributed by atoms with Crippen LogP contribution in [0.3, 0.4) is 0 Å². The molecule has 0 saturated heterocycles. The van der Waals surface area contributed by atoms with Crippen LogP contribution in [0.1, 0.15) is 21.7 Å². The summed E-state index contributed by atoms with van der Waals surface area (Å²) in [5.74, 6) is 0.422. The van der Waals surface area contributed by atoms with Crippen LogP contribution in [0.15, 0.2) is 72.8 Å². The highest BCUT2D eigenvalue weighted by Gasteiger charge is 2.20. The standard InChI is InChI=1S/C25H23FN4O/c26-20-8-6-19(7-9-20)25(31)27-21-10-11-23-22(16-21)28-24-17-29(14-15-30(23)24)13-12-18-4-2-1-3-5-18/h1-11,16H,12-15,17H2,(H,27,31). The van der Waals surface area contributed by atoms with Gasteiger partial charge in [-0.05, 0) is 54.4 Å². The molecule has 0 unspecified atom stereocenters. The van der Waals surface area contributed by atoms with Crippen molar-refractivity contribution >= 4 is 22.6 Å². The van der Waals surface area contributed by atoms with Crippen molar-refractivity contribution in [2.24, 2.45) is 0 Å². The molecule has 1 aliphatic rings. The summed E-state index contributed by atoms with van der Waals surface area (Å²) in [5.41, 5.74) is 4.40. The Balaban J connectivity index is 1.29. The van der Waals surface area contributed by atoms with Gasteiger partial charge in [-0.15, -0.1) is 0 Å². The van der Waals surface area contributed by atoms with Gasteiger partial charge in [-0.2, -0.15) is 0 Å². The van der Waals surface area contributed by atoms with E-state index in [2.05, 4.69) is 39.0 Å². The van der Waals surface area contributed by atoms with Gasteiger partial charge in [0.2, 0.25) is 0 Å². The lowest BCUT2D eigenvalue weighted by Crippen LogP contribution is -2.35. The number of nitrogens with zero attached hydrogens (tertiary/aromatic N) is 3. The molecule has 1 aromatic heterocycles. The summed E-state index contributed by atoms with van der Waals surface area (Å²) >= 11 is 0. The van der Waals surface area contributed by atoms with Gasteiger partial charge in [0.15, 0.2) is 0 Å². The maximum Gasteiger partial charge on any atom is 0.255 e. The van der Waals surface area contributed by atoms with Crippen molar-refractivity contribution in [3.63, 3.8) is 0 Å². The van der Waals surface area contributed by atoms with Gasteiger partial charge in [-0.1, -0.05) is 30.3 Å². The first-order valence-corrected chi connectivity index (χ1v) is 10.5. The highest BCUT2D eigenvalue weighted by atomic mass is 19.1. The SMILES string of the molecule is O=C(Nc1ccc2c(c1)nc1n2CCN(CCc2ccccc2)C1)c1ccc(F)cc1.